The van der Waals surface area contributed by atoms with Crippen molar-refractivity contribution < 1.29 is 14.3 Å². The van der Waals surface area contributed by atoms with Crippen molar-refractivity contribution in [3.05, 3.63) is 59.2 Å². The molecule has 30 heavy (non-hydrogen) atoms. The van der Waals surface area contributed by atoms with Gasteiger partial charge in [0.05, 0.1) is 24.0 Å². The predicted molar refractivity (Wildman–Crippen MR) is 119 cm³/mol. The highest BCUT2D eigenvalue weighted by atomic mass is 32.2. The summed E-state index contributed by atoms with van der Waals surface area (Å²) in [6, 6.07) is 15.2. The summed E-state index contributed by atoms with van der Waals surface area (Å²) in [6.07, 6.45) is 0.594. The highest BCUT2D eigenvalue weighted by molar-refractivity contribution is 8.15. The molecule has 2 aromatic carbocycles. The van der Waals surface area contributed by atoms with Crippen LogP contribution in [0.15, 0.2) is 47.5 Å². The van der Waals surface area contributed by atoms with E-state index in [0.717, 1.165) is 16.3 Å². The Balaban J connectivity index is 1.72. The van der Waals surface area contributed by atoms with Crippen molar-refractivity contribution in [3.8, 4) is 17.6 Å². The Hall–Kier alpha value is -2.98. The molecule has 2 aromatic rings. The standard InChI is InChI=1S/C23H25N3O3S/c1-4-25-23-26(5-2)22(27)21(30-23)13-16-10-11-19(20(12-16)28-3)29-15-18-9-7-6-8-17(18)14-24/h6-12,21H,4-5,13,15H2,1-3H3/t21-/m1/s1. The monoisotopic (exact) mass is 423 g/mol. The number of hydrogen-bond donors (Lipinski definition) is 0. The van der Waals surface area contributed by atoms with Gasteiger partial charge in [0.15, 0.2) is 16.7 Å². The lowest BCUT2D eigenvalue weighted by molar-refractivity contribution is -0.126. The zero-order chi connectivity index (χ0) is 21.5. The van der Waals surface area contributed by atoms with Crippen LogP contribution in [-0.2, 0) is 17.8 Å². The molecule has 0 spiro atoms. The molecule has 7 heteroatoms. The number of amidine groups is 1. The van der Waals surface area contributed by atoms with Gasteiger partial charge in [-0.3, -0.25) is 14.7 Å². The van der Waals surface area contributed by atoms with Crippen LogP contribution in [0.1, 0.15) is 30.5 Å². The smallest absolute Gasteiger partial charge is 0.242 e. The molecule has 1 heterocycles. The van der Waals surface area contributed by atoms with Crippen LogP contribution in [0.2, 0.25) is 0 Å². The minimum absolute atomic E-state index is 0.0992. The maximum atomic E-state index is 12.7. The summed E-state index contributed by atoms with van der Waals surface area (Å²) in [6.45, 7) is 5.50. The van der Waals surface area contributed by atoms with E-state index >= 15 is 0 Å². The van der Waals surface area contributed by atoms with E-state index < -0.39 is 0 Å². The fourth-order valence-electron chi connectivity index (χ4n) is 3.27. The van der Waals surface area contributed by atoms with Crippen LogP contribution in [0.5, 0.6) is 11.5 Å². The minimum atomic E-state index is -0.186. The molecule has 0 aliphatic carbocycles. The molecule has 1 fully saturated rings. The number of ether oxygens (including phenoxy) is 2. The summed E-state index contributed by atoms with van der Waals surface area (Å²) >= 11 is 1.52. The van der Waals surface area contributed by atoms with Gasteiger partial charge in [-0.2, -0.15) is 5.26 Å². The second-order valence-electron chi connectivity index (χ2n) is 6.69. The molecule has 1 aliphatic rings. The van der Waals surface area contributed by atoms with Crippen molar-refractivity contribution in [2.45, 2.75) is 32.1 Å². The third-order valence-electron chi connectivity index (χ3n) is 4.80. The summed E-state index contributed by atoms with van der Waals surface area (Å²) in [4.78, 5) is 18.9. The Morgan fingerprint density at radius 2 is 2.00 bits per heavy atom. The lowest BCUT2D eigenvalue weighted by Crippen LogP contribution is -2.32. The van der Waals surface area contributed by atoms with Gasteiger partial charge in [-0.25, -0.2) is 0 Å². The summed E-state index contributed by atoms with van der Waals surface area (Å²) in [5.74, 6) is 1.30. The molecule has 1 aliphatic heterocycles. The van der Waals surface area contributed by atoms with E-state index in [1.807, 2.05) is 50.2 Å². The third kappa shape index (κ3) is 4.77. The molecule has 0 aromatic heterocycles. The van der Waals surface area contributed by atoms with Crippen LogP contribution >= 0.6 is 11.8 Å². The SMILES string of the molecule is CCN=C1S[C@H](Cc2ccc(OCc3ccccc3C#N)c(OC)c2)C(=O)N1CC. The second kappa shape index (κ2) is 10.2. The van der Waals surface area contributed by atoms with Crippen molar-refractivity contribution in [2.75, 3.05) is 20.2 Å². The topological polar surface area (TPSA) is 74.9 Å². The van der Waals surface area contributed by atoms with E-state index in [2.05, 4.69) is 11.1 Å². The van der Waals surface area contributed by atoms with Gasteiger partial charge in [0.1, 0.15) is 6.61 Å². The lowest BCUT2D eigenvalue weighted by atomic mass is 10.1. The Kier molecular flexibility index (Phi) is 7.36. The lowest BCUT2D eigenvalue weighted by Gasteiger charge is -2.14. The van der Waals surface area contributed by atoms with Gasteiger partial charge in [-0.15, -0.1) is 0 Å². The van der Waals surface area contributed by atoms with Gasteiger partial charge in [0.2, 0.25) is 5.91 Å². The van der Waals surface area contributed by atoms with Crippen molar-refractivity contribution >= 4 is 22.8 Å². The van der Waals surface area contributed by atoms with Crippen molar-refractivity contribution in [1.82, 2.24) is 4.90 Å². The predicted octanol–water partition coefficient (Wildman–Crippen LogP) is 4.03. The molecule has 1 saturated heterocycles. The first-order valence-electron chi connectivity index (χ1n) is 9.91. The van der Waals surface area contributed by atoms with Gasteiger partial charge in [-0.1, -0.05) is 36.0 Å². The zero-order valence-electron chi connectivity index (χ0n) is 17.4. The largest absolute Gasteiger partial charge is 0.493 e. The summed E-state index contributed by atoms with van der Waals surface area (Å²) in [5, 5.41) is 9.85. The van der Waals surface area contributed by atoms with E-state index in [9.17, 15) is 10.1 Å². The fourth-order valence-corrected chi connectivity index (χ4v) is 4.58. The van der Waals surface area contributed by atoms with E-state index in [-0.39, 0.29) is 17.8 Å². The van der Waals surface area contributed by atoms with Gasteiger partial charge < -0.3 is 9.47 Å². The number of methoxy groups -OCH3 is 1. The minimum Gasteiger partial charge on any atom is -0.493 e. The third-order valence-corrected chi connectivity index (χ3v) is 6.01. The van der Waals surface area contributed by atoms with Gasteiger partial charge in [-0.05, 0) is 44.0 Å². The normalized spacial score (nSPS) is 17.3. The Labute approximate surface area is 181 Å². The van der Waals surface area contributed by atoms with E-state index in [1.54, 1.807) is 18.1 Å². The first kappa shape index (κ1) is 21.7. The molecule has 1 atom stereocenters. The van der Waals surface area contributed by atoms with E-state index in [0.29, 0.717) is 36.6 Å². The molecule has 0 N–H and O–H groups in total. The van der Waals surface area contributed by atoms with Gasteiger partial charge in [0, 0.05) is 18.7 Å². The van der Waals surface area contributed by atoms with Crippen LogP contribution in [0.25, 0.3) is 0 Å². The molecule has 0 bridgehead atoms. The first-order valence-corrected chi connectivity index (χ1v) is 10.8. The number of carbonyl (C=O) groups is 1. The number of nitriles is 1. The number of rotatable bonds is 8. The molecule has 156 valence electrons. The Morgan fingerprint density at radius 3 is 2.70 bits per heavy atom. The molecule has 3 rings (SSSR count). The Bertz CT molecular complexity index is 984. The van der Waals surface area contributed by atoms with Crippen LogP contribution in [0.4, 0.5) is 0 Å². The Morgan fingerprint density at radius 1 is 1.20 bits per heavy atom. The quantitative estimate of drug-likeness (QED) is 0.641. The molecular weight excluding hydrogens is 398 g/mol. The number of carbonyl (C=O) groups excluding carboxylic acids is 1. The van der Waals surface area contributed by atoms with E-state index in [4.69, 9.17) is 9.47 Å². The van der Waals surface area contributed by atoms with E-state index in [1.165, 1.54) is 11.8 Å². The summed E-state index contributed by atoms with van der Waals surface area (Å²) in [5.41, 5.74) is 2.41. The summed E-state index contributed by atoms with van der Waals surface area (Å²) in [7, 11) is 1.59. The molecule has 6 nitrogen and oxygen atoms in total. The summed E-state index contributed by atoms with van der Waals surface area (Å²) < 4.78 is 11.4. The maximum Gasteiger partial charge on any atom is 0.242 e. The van der Waals surface area contributed by atoms with Gasteiger partial charge >= 0.3 is 0 Å². The number of aliphatic imine (C=N–C) groups is 1. The number of amides is 1. The highest BCUT2D eigenvalue weighted by Gasteiger charge is 2.36. The van der Waals surface area contributed by atoms with Crippen LogP contribution in [0, 0.1) is 11.3 Å². The second-order valence-corrected chi connectivity index (χ2v) is 7.86. The molecular formula is C23H25N3O3S. The maximum absolute atomic E-state index is 12.7. The van der Waals surface area contributed by atoms with Gasteiger partial charge in [0.25, 0.3) is 0 Å². The number of thioether (sulfide) groups is 1. The van der Waals surface area contributed by atoms with Crippen LogP contribution in [-0.4, -0.2) is 41.4 Å². The first-order chi connectivity index (χ1) is 14.6. The molecule has 0 unspecified atom stereocenters. The van der Waals surface area contributed by atoms with Crippen LogP contribution < -0.4 is 9.47 Å². The average Bonchev–Trinajstić information content (AvgIpc) is 3.07. The zero-order valence-corrected chi connectivity index (χ0v) is 18.2. The molecule has 1 amide bonds. The van der Waals surface area contributed by atoms with Crippen molar-refractivity contribution in [2.24, 2.45) is 4.99 Å². The highest BCUT2D eigenvalue weighted by Crippen LogP contribution is 2.33. The molecule has 0 saturated carbocycles. The fraction of sp³-hybridized carbons (Fsp3) is 0.348. The van der Waals surface area contributed by atoms with Crippen LogP contribution in [0.3, 0.4) is 0 Å². The number of hydrogen-bond acceptors (Lipinski definition) is 6. The number of nitrogens with zero attached hydrogens (tertiary/aromatic N) is 3. The van der Waals surface area contributed by atoms with Crippen molar-refractivity contribution in [1.29, 1.82) is 5.26 Å². The van der Waals surface area contributed by atoms with Crippen molar-refractivity contribution in [3.63, 3.8) is 0 Å². The number of benzene rings is 2. The molecule has 0 radical (unpaired) electrons. The average molecular weight is 424 g/mol.